The maximum Gasteiger partial charge on any atom is 0.326 e. The first-order valence-corrected chi connectivity index (χ1v) is 12.0. The number of aromatic hydroxyl groups is 1. The topological polar surface area (TPSA) is 228 Å². The number of hydrogen-bond acceptors (Lipinski definition) is 8. The number of rotatable bonds is 15. The van der Waals surface area contributed by atoms with Crippen LogP contribution in [0.1, 0.15) is 24.0 Å². The number of phenols is 1. The third-order valence-electron chi connectivity index (χ3n) is 5.72. The molecular formula is C26H32N4O9. The lowest BCUT2D eigenvalue weighted by Crippen LogP contribution is -2.58. The molecule has 210 valence electrons. The summed E-state index contributed by atoms with van der Waals surface area (Å²) in [6.07, 6.45) is -1.03. The van der Waals surface area contributed by atoms with Crippen molar-refractivity contribution in [2.24, 2.45) is 5.73 Å². The van der Waals surface area contributed by atoms with Gasteiger partial charge in [-0.1, -0.05) is 42.5 Å². The Balaban J connectivity index is 2.24. The van der Waals surface area contributed by atoms with Crippen molar-refractivity contribution in [1.29, 1.82) is 0 Å². The van der Waals surface area contributed by atoms with Gasteiger partial charge in [0.15, 0.2) is 0 Å². The molecule has 0 heterocycles. The van der Waals surface area contributed by atoms with Crippen LogP contribution >= 0.6 is 0 Å². The lowest BCUT2D eigenvalue weighted by Gasteiger charge is -2.25. The van der Waals surface area contributed by atoms with Crippen molar-refractivity contribution in [3.63, 3.8) is 0 Å². The molecule has 4 unspecified atom stereocenters. The van der Waals surface area contributed by atoms with E-state index in [0.29, 0.717) is 11.1 Å². The third-order valence-corrected chi connectivity index (χ3v) is 5.72. The van der Waals surface area contributed by atoms with Crippen LogP contribution in [0.15, 0.2) is 54.6 Å². The molecule has 2 aromatic rings. The Hall–Kier alpha value is -4.49. The molecule has 4 atom stereocenters. The molecular weight excluding hydrogens is 512 g/mol. The van der Waals surface area contributed by atoms with Crippen LogP contribution in [0.4, 0.5) is 0 Å². The lowest BCUT2D eigenvalue weighted by molar-refractivity contribution is -0.143. The molecule has 0 spiro atoms. The summed E-state index contributed by atoms with van der Waals surface area (Å²) < 4.78 is 0. The summed E-state index contributed by atoms with van der Waals surface area (Å²) in [6.45, 7) is -0.693. The molecule has 9 N–H and O–H groups in total. The zero-order valence-corrected chi connectivity index (χ0v) is 20.9. The maximum atomic E-state index is 13.2. The fourth-order valence-corrected chi connectivity index (χ4v) is 3.57. The number of aliphatic hydroxyl groups excluding tert-OH is 1. The first-order valence-electron chi connectivity index (χ1n) is 12.0. The van der Waals surface area contributed by atoms with Crippen LogP contribution in [0.3, 0.4) is 0 Å². The number of nitrogens with two attached hydrogens (primary N) is 1. The summed E-state index contributed by atoms with van der Waals surface area (Å²) >= 11 is 0. The Morgan fingerprint density at radius 2 is 1.23 bits per heavy atom. The maximum absolute atomic E-state index is 13.2. The standard InChI is InChI=1S/C26H32N4O9/c27-18(14-31)23(35)29-20(12-16-6-8-17(32)9-7-16)25(37)28-19(10-11-22(33)34)24(36)30-21(26(38)39)13-15-4-2-1-3-5-15/h1-9,18-21,31-32H,10-14,27H2,(H,28,37)(H,29,35)(H,30,36)(H,33,34)(H,38,39). The highest BCUT2D eigenvalue weighted by Gasteiger charge is 2.31. The number of phenolic OH excluding ortho intramolecular Hbond substituents is 1. The predicted octanol–water partition coefficient (Wildman–Crippen LogP) is -1.10. The molecule has 13 heteroatoms. The highest BCUT2D eigenvalue weighted by molar-refractivity contribution is 5.94. The molecule has 39 heavy (non-hydrogen) atoms. The zero-order chi connectivity index (χ0) is 28.9. The van der Waals surface area contributed by atoms with Crippen molar-refractivity contribution in [2.45, 2.75) is 49.9 Å². The smallest absolute Gasteiger partial charge is 0.326 e. The normalized spacial score (nSPS) is 13.8. The van der Waals surface area contributed by atoms with E-state index >= 15 is 0 Å². The Morgan fingerprint density at radius 3 is 1.79 bits per heavy atom. The molecule has 0 fully saturated rings. The zero-order valence-electron chi connectivity index (χ0n) is 20.9. The molecule has 0 radical (unpaired) electrons. The van der Waals surface area contributed by atoms with Crippen molar-refractivity contribution in [1.82, 2.24) is 16.0 Å². The van der Waals surface area contributed by atoms with E-state index in [4.69, 9.17) is 10.8 Å². The fraction of sp³-hybridized carbons (Fsp3) is 0.346. The first kappa shape index (κ1) is 30.7. The van der Waals surface area contributed by atoms with Gasteiger partial charge in [-0.25, -0.2) is 4.79 Å². The number of aliphatic hydroxyl groups is 1. The van der Waals surface area contributed by atoms with Gasteiger partial charge < -0.3 is 42.1 Å². The third kappa shape index (κ3) is 10.4. The van der Waals surface area contributed by atoms with Gasteiger partial charge in [-0.2, -0.15) is 0 Å². The van der Waals surface area contributed by atoms with Crippen molar-refractivity contribution in [3.05, 3.63) is 65.7 Å². The molecule has 0 aliphatic rings. The summed E-state index contributed by atoms with van der Waals surface area (Å²) in [6, 6.07) is 8.81. The van der Waals surface area contributed by atoms with E-state index in [1.54, 1.807) is 30.3 Å². The van der Waals surface area contributed by atoms with Gasteiger partial charge in [-0.15, -0.1) is 0 Å². The Labute approximate surface area is 224 Å². The lowest BCUT2D eigenvalue weighted by atomic mass is 10.0. The second-order valence-corrected chi connectivity index (χ2v) is 8.80. The molecule has 0 aliphatic heterocycles. The minimum Gasteiger partial charge on any atom is -0.508 e. The van der Waals surface area contributed by atoms with Gasteiger partial charge in [0.2, 0.25) is 17.7 Å². The highest BCUT2D eigenvalue weighted by Crippen LogP contribution is 2.12. The SMILES string of the molecule is NC(CO)C(=O)NC(Cc1ccc(O)cc1)C(=O)NC(CCC(=O)O)C(=O)NC(Cc1ccccc1)C(=O)O. The second-order valence-electron chi connectivity index (χ2n) is 8.80. The molecule has 0 aliphatic carbocycles. The number of amides is 3. The first-order chi connectivity index (χ1) is 18.5. The summed E-state index contributed by atoms with van der Waals surface area (Å²) in [5.41, 5.74) is 6.70. The van der Waals surface area contributed by atoms with Gasteiger partial charge in [-0.05, 0) is 29.7 Å². The molecule has 3 amide bonds. The number of carboxylic acid groups (broad SMARTS) is 2. The van der Waals surface area contributed by atoms with E-state index in [1.165, 1.54) is 24.3 Å². The summed E-state index contributed by atoms with van der Waals surface area (Å²) in [5, 5.41) is 44.6. The number of nitrogens with one attached hydrogen (secondary N) is 3. The van der Waals surface area contributed by atoms with Crippen molar-refractivity contribution >= 4 is 29.7 Å². The van der Waals surface area contributed by atoms with E-state index in [2.05, 4.69) is 16.0 Å². The Morgan fingerprint density at radius 1 is 0.718 bits per heavy atom. The predicted molar refractivity (Wildman–Crippen MR) is 137 cm³/mol. The number of aliphatic carboxylic acids is 2. The molecule has 2 rings (SSSR count). The van der Waals surface area contributed by atoms with Crippen LogP contribution in [0.25, 0.3) is 0 Å². The van der Waals surface area contributed by atoms with Gasteiger partial charge in [0.1, 0.15) is 29.9 Å². The van der Waals surface area contributed by atoms with Gasteiger partial charge >= 0.3 is 11.9 Å². The number of carbonyl (C=O) groups is 5. The number of carbonyl (C=O) groups excluding carboxylic acids is 3. The minimum atomic E-state index is -1.45. The summed E-state index contributed by atoms with van der Waals surface area (Å²) in [4.78, 5) is 61.6. The average molecular weight is 545 g/mol. The Bertz CT molecular complexity index is 1140. The number of benzene rings is 2. The molecule has 13 nitrogen and oxygen atoms in total. The van der Waals surface area contributed by atoms with E-state index in [9.17, 15) is 39.3 Å². The van der Waals surface area contributed by atoms with Gasteiger partial charge in [0.05, 0.1) is 6.61 Å². The minimum absolute atomic E-state index is 0.0278. The molecule has 0 saturated heterocycles. The number of carboxylic acids is 2. The van der Waals surface area contributed by atoms with Crippen molar-refractivity contribution in [3.8, 4) is 5.75 Å². The summed E-state index contributed by atoms with van der Waals surface area (Å²) in [7, 11) is 0. The quantitative estimate of drug-likeness (QED) is 0.135. The average Bonchev–Trinajstić information content (AvgIpc) is 2.91. The van der Waals surface area contributed by atoms with E-state index in [1.807, 2.05) is 0 Å². The van der Waals surface area contributed by atoms with Gasteiger partial charge in [-0.3, -0.25) is 19.2 Å². The van der Waals surface area contributed by atoms with Gasteiger partial charge in [0.25, 0.3) is 0 Å². The largest absolute Gasteiger partial charge is 0.508 e. The van der Waals surface area contributed by atoms with Crippen LogP contribution in [0.5, 0.6) is 5.75 Å². The molecule has 0 saturated carbocycles. The van der Waals surface area contributed by atoms with Crippen molar-refractivity contribution < 1.29 is 44.4 Å². The van der Waals surface area contributed by atoms with Crippen molar-refractivity contribution in [2.75, 3.05) is 6.61 Å². The fourth-order valence-electron chi connectivity index (χ4n) is 3.57. The molecule has 0 bridgehead atoms. The highest BCUT2D eigenvalue weighted by atomic mass is 16.4. The van der Waals surface area contributed by atoms with Crippen LogP contribution in [0.2, 0.25) is 0 Å². The molecule has 2 aromatic carbocycles. The Kier molecular flexibility index (Phi) is 11.9. The van der Waals surface area contributed by atoms with Crippen LogP contribution < -0.4 is 21.7 Å². The van der Waals surface area contributed by atoms with E-state index in [-0.39, 0.29) is 25.0 Å². The molecule has 0 aromatic heterocycles. The second kappa shape index (κ2) is 15.1. The number of hydrogen-bond donors (Lipinski definition) is 8. The van der Waals surface area contributed by atoms with Gasteiger partial charge in [0, 0.05) is 19.3 Å². The van der Waals surface area contributed by atoms with E-state index in [0.717, 1.165) is 0 Å². The van der Waals surface area contributed by atoms with Crippen LogP contribution in [0, 0.1) is 0 Å². The summed E-state index contributed by atoms with van der Waals surface area (Å²) in [5.74, 6) is -5.25. The monoisotopic (exact) mass is 544 g/mol. The van der Waals surface area contributed by atoms with Crippen LogP contribution in [-0.2, 0) is 36.8 Å². The van der Waals surface area contributed by atoms with Crippen LogP contribution in [-0.4, -0.2) is 80.9 Å². The van der Waals surface area contributed by atoms with E-state index < -0.39 is 66.9 Å².